The molecule has 0 heterocycles. The highest BCUT2D eigenvalue weighted by molar-refractivity contribution is 9.11. The van der Waals surface area contributed by atoms with E-state index in [4.69, 9.17) is 20.6 Å². The van der Waals surface area contributed by atoms with E-state index in [0.717, 1.165) is 0 Å². The van der Waals surface area contributed by atoms with Crippen molar-refractivity contribution in [3.63, 3.8) is 0 Å². The van der Waals surface area contributed by atoms with Gasteiger partial charge in [0.25, 0.3) is 0 Å². The fourth-order valence-corrected chi connectivity index (χ4v) is 2.46. The Hall–Kier alpha value is -1.71. The molecule has 6 heteroatoms. The van der Waals surface area contributed by atoms with Crippen molar-refractivity contribution in [1.29, 1.82) is 5.26 Å². The minimum Gasteiger partial charge on any atom is -0.508 e. The molecule has 0 saturated carbocycles. The molecule has 2 aromatic rings. The van der Waals surface area contributed by atoms with Crippen LogP contribution in [0.5, 0.6) is 17.2 Å². The van der Waals surface area contributed by atoms with Gasteiger partial charge in [-0.15, -0.1) is 0 Å². The van der Waals surface area contributed by atoms with Crippen LogP contribution < -0.4 is 0 Å². The minimum atomic E-state index is 0.128. The van der Waals surface area contributed by atoms with Crippen molar-refractivity contribution < 1.29 is 15.3 Å². The van der Waals surface area contributed by atoms with Crippen LogP contribution in [0.2, 0.25) is 0 Å². The van der Waals surface area contributed by atoms with Crippen LogP contribution in [0, 0.1) is 11.3 Å². The van der Waals surface area contributed by atoms with Gasteiger partial charge in [-0.05, 0) is 68.3 Å². The third kappa shape index (κ3) is 4.81. The van der Waals surface area contributed by atoms with Gasteiger partial charge in [-0.2, -0.15) is 5.26 Å². The molecule has 0 fully saturated rings. The normalized spacial score (nSPS) is 9.11. The summed E-state index contributed by atoms with van der Waals surface area (Å²) in [6, 6.07) is 10.6. The van der Waals surface area contributed by atoms with Crippen LogP contribution in [0.4, 0.5) is 0 Å². The number of phenolic OH excluding ortho intramolecular Hbond substituents is 3. The lowest BCUT2D eigenvalue weighted by molar-refractivity contribution is 0.460. The first-order valence-corrected chi connectivity index (χ1v) is 6.58. The summed E-state index contributed by atoms with van der Waals surface area (Å²) in [5, 5.41) is 34.9. The van der Waals surface area contributed by atoms with Gasteiger partial charge >= 0.3 is 0 Å². The second-order valence-electron chi connectivity index (χ2n) is 3.41. The number of nitrogens with zero attached hydrogens (tertiary/aromatic N) is 1. The summed E-state index contributed by atoms with van der Waals surface area (Å²) < 4.78 is 1.18. The van der Waals surface area contributed by atoms with Crippen LogP contribution >= 0.6 is 31.9 Å². The largest absolute Gasteiger partial charge is 0.508 e. The van der Waals surface area contributed by atoms with Crippen molar-refractivity contribution in [2.75, 3.05) is 0 Å². The minimum absolute atomic E-state index is 0.128. The van der Waals surface area contributed by atoms with E-state index < -0.39 is 0 Å². The van der Waals surface area contributed by atoms with E-state index in [1.165, 1.54) is 36.4 Å². The fraction of sp³-hybridized carbons (Fsp3) is 0. The van der Waals surface area contributed by atoms with Crippen LogP contribution in [0.1, 0.15) is 5.56 Å². The average molecular weight is 387 g/mol. The van der Waals surface area contributed by atoms with Gasteiger partial charge < -0.3 is 15.3 Å². The SMILES string of the molecule is N#Cc1c(Br)cc(O)cc1Br.Oc1ccc(O)cc1. The van der Waals surface area contributed by atoms with Gasteiger partial charge in [0.15, 0.2) is 0 Å². The zero-order valence-corrected chi connectivity index (χ0v) is 12.7. The maximum atomic E-state index is 9.04. The second-order valence-corrected chi connectivity index (χ2v) is 5.12. The van der Waals surface area contributed by atoms with Gasteiger partial charge in [-0.3, -0.25) is 0 Å². The molecule has 0 radical (unpaired) electrons. The predicted molar refractivity (Wildman–Crippen MR) is 78.0 cm³/mol. The first-order chi connectivity index (χ1) is 8.93. The number of hydrogen-bond acceptors (Lipinski definition) is 4. The van der Waals surface area contributed by atoms with Gasteiger partial charge in [0.05, 0.1) is 5.56 Å². The zero-order valence-electron chi connectivity index (χ0n) is 9.51. The molecule has 0 aliphatic heterocycles. The zero-order chi connectivity index (χ0) is 14.4. The highest BCUT2D eigenvalue weighted by atomic mass is 79.9. The van der Waals surface area contributed by atoms with Crippen molar-refractivity contribution in [2.24, 2.45) is 0 Å². The lowest BCUT2D eigenvalue weighted by Gasteiger charge is -1.98. The number of phenols is 3. The van der Waals surface area contributed by atoms with Gasteiger partial charge in [0.1, 0.15) is 23.3 Å². The molecule has 3 N–H and O–H groups in total. The molecule has 4 nitrogen and oxygen atoms in total. The Morgan fingerprint density at radius 2 is 1.16 bits per heavy atom. The number of hydrogen-bond donors (Lipinski definition) is 3. The van der Waals surface area contributed by atoms with E-state index in [9.17, 15) is 0 Å². The van der Waals surface area contributed by atoms with E-state index in [0.29, 0.717) is 14.5 Å². The highest BCUT2D eigenvalue weighted by Crippen LogP contribution is 2.29. The Bertz CT molecular complexity index is 562. The van der Waals surface area contributed by atoms with Crippen molar-refractivity contribution >= 4 is 31.9 Å². The number of nitriles is 1. The fourth-order valence-electron chi connectivity index (χ4n) is 1.12. The first-order valence-electron chi connectivity index (χ1n) is 5.00. The number of halogens is 2. The summed E-state index contributed by atoms with van der Waals surface area (Å²) >= 11 is 6.29. The summed E-state index contributed by atoms with van der Waals surface area (Å²) in [5.41, 5.74) is 0.489. The predicted octanol–water partition coefficient (Wildman–Crippen LogP) is 3.89. The summed E-state index contributed by atoms with van der Waals surface area (Å²) in [6.07, 6.45) is 0. The molecule has 0 spiro atoms. The standard InChI is InChI=1S/C7H3Br2NO.C6H6O2/c8-6-1-4(11)2-7(9)5(6)3-10;7-5-1-2-6(8)4-3-5/h1-2,11H;1-4,7-8H. The van der Waals surface area contributed by atoms with E-state index in [-0.39, 0.29) is 17.2 Å². The Balaban J connectivity index is 0.000000200. The van der Waals surface area contributed by atoms with Crippen LogP contribution in [-0.4, -0.2) is 15.3 Å². The molecule has 0 amide bonds. The van der Waals surface area contributed by atoms with Gasteiger partial charge in [0.2, 0.25) is 0 Å². The molecule has 0 aliphatic carbocycles. The monoisotopic (exact) mass is 385 g/mol. The number of rotatable bonds is 0. The molecule has 19 heavy (non-hydrogen) atoms. The molecular weight excluding hydrogens is 378 g/mol. The highest BCUT2D eigenvalue weighted by Gasteiger charge is 2.05. The summed E-state index contributed by atoms with van der Waals surface area (Å²) in [7, 11) is 0. The Kier molecular flexibility index (Phi) is 5.67. The van der Waals surface area contributed by atoms with E-state index in [1.807, 2.05) is 6.07 Å². The molecule has 0 saturated heterocycles. The summed E-state index contributed by atoms with van der Waals surface area (Å²) in [6.45, 7) is 0. The Labute approximate surface area is 126 Å². The number of aromatic hydroxyl groups is 3. The van der Waals surface area contributed by atoms with Crippen molar-refractivity contribution in [1.82, 2.24) is 0 Å². The molecule has 98 valence electrons. The van der Waals surface area contributed by atoms with E-state index in [2.05, 4.69) is 31.9 Å². The Morgan fingerprint density at radius 1 is 0.789 bits per heavy atom. The average Bonchev–Trinajstić information content (AvgIpc) is 2.33. The lowest BCUT2D eigenvalue weighted by atomic mass is 10.2. The van der Waals surface area contributed by atoms with Crippen molar-refractivity contribution in [2.45, 2.75) is 0 Å². The summed E-state index contributed by atoms with van der Waals surface area (Å²) in [5.74, 6) is 0.466. The second kappa shape index (κ2) is 7.02. The van der Waals surface area contributed by atoms with Crippen LogP contribution in [0.15, 0.2) is 45.3 Å². The third-order valence-electron chi connectivity index (χ3n) is 1.99. The van der Waals surface area contributed by atoms with E-state index in [1.54, 1.807) is 0 Å². The third-order valence-corrected chi connectivity index (χ3v) is 3.24. The van der Waals surface area contributed by atoms with Gasteiger partial charge in [-0.1, -0.05) is 0 Å². The molecule has 0 aromatic heterocycles. The molecule has 2 aromatic carbocycles. The maximum absolute atomic E-state index is 9.04. The quantitative estimate of drug-likeness (QED) is 0.599. The summed E-state index contributed by atoms with van der Waals surface area (Å²) in [4.78, 5) is 0. The first kappa shape index (κ1) is 15.3. The van der Waals surface area contributed by atoms with Crippen LogP contribution in [0.3, 0.4) is 0 Å². The van der Waals surface area contributed by atoms with Gasteiger partial charge in [0, 0.05) is 8.95 Å². The Morgan fingerprint density at radius 3 is 1.47 bits per heavy atom. The van der Waals surface area contributed by atoms with E-state index >= 15 is 0 Å². The molecule has 0 aliphatic rings. The topological polar surface area (TPSA) is 84.5 Å². The molecule has 0 bridgehead atoms. The van der Waals surface area contributed by atoms with Crippen LogP contribution in [0.25, 0.3) is 0 Å². The number of benzene rings is 2. The van der Waals surface area contributed by atoms with Crippen molar-refractivity contribution in [3.05, 3.63) is 50.9 Å². The lowest BCUT2D eigenvalue weighted by Crippen LogP contribution is -1.79. The van der Waals surface area contributed by atoms with Gasteiger partial charge in [-0.25, -0.2) is 0 Å². The molecule has 0 unspecified atom stereocenters. The molecule has 0 atom stereocenters. The van der Waals surface area contributed by atoms with Crippen LogP contribution in [-0.2, 0) is 0 Å². The molecule has 2 rings (SSSR count). The smallest absolute Gasteiger partial charge is 0.117 e. The van der Waals surface area contributed by atoms with Crippen molar-refractivity contribution in [3.8, 4) is 23.3 Å². The molecular formula is C13H9Br2NO3. The maximum Gasteiger partial charge on any atom is 0.117 e.